The van der Waals surface area contributed by atoms with Crippen molar-refractivity contribution in [2.75, 3.05) is 5.73 Å². The molecule has 72 valence electrons. The average Bonchev–Trinajstić information content (AvgIpc) is 2.48. The van der Waals surface area contributed by atoms with Crippen LogP contribution in [0.25, 0.3) is 11.3 Å². The van der Waals surface area contributed by atoms with Gasteiger partial charge in [-0.05, 0) is 12.1 Å². The van der Waals surface area contributed by atoms with E-state index in [-0.39, 0.29) is 0 Å². The van der Waals surface area contributed by atoms with Crippen molar-refractivity contribution in [1.82, 2.24) is 14.8 Å². The Kier molecular flexibility index (Phi) is 2.13. The summed E-state index contributed by atoms with van der Waals surface area (Å²) in [7, 11) is 1.79. The van der Waals surface area contributed by atoms with Crippen LogP contribution in [-0.2, 0) is 7.05 Å². The van der Waals surface area contributed by atoms with E-state index in [1.54, 1.807) is 30.1 Å². The summed E-state index contributed by atoms with van der Waals surface area (Å²) in [5.41, 5.74) is 7.37. The SMILES string of the molecule is Cn1nc(-c2ccc(Cl)nc2)cc1N. The topological polar surface area (TPSA) is 56.7 Å². The van der Waals surface area contributed by atoms with E-state index >= 15 is 0 Å². The fourth-order valence-electron chi connectivity index (χ4n) is 1.15. The number of nitrogen functional groups attached to an aromatic ring is 1. The third-order valence-corrected chi connectivity index (χ3v) is 2.16. The minimum absolute atomic E-state index is 0.470. The Labute approximate surface area is 86.3 Å². The van der Waals surface area contributed by atoms with Crippen LogP contribution in [0, 0.1) is 0 Å². The molecule has 2 rings (SSSR count). The third kappa shape index (κ3) is 1.56. The maximum atomic E-state index is 5.67. The van der Waals surface area contributed by atoms with Crippen molar-refractivity contribution in [1.29, 1.82) is 0 Å². The van der Waals surface area contributed by atoms with Crippen molar-refractivity contribution in [3.63, 3.8) is 0 Å². The van der Waals surface area contributed by atoms with Crippen LogP contribution in [0.1, 0.15) is 0 Å². The van der Waals surface area contributed by atoms with Gasteiger partial charge in [-0.1, -0.05) is 11.6 Å². The molecule has 2 aromatic rings. The van der Waals surface area contributed by atoms with Gasteiger partial charge in [0.2, 0.25) is 0 Å². The van der Waals surface area contributed by atoms with Gasteiger partial charge in [-0.3, -0.25) is 4.68 Å². The zero-order valence-electron chi connectivity index (χ0n) is 7.61. The first-order valence-corrected chi connectivity index (χ1v) is 4.46. The molecule has 4 nitrogen and oxygen atoms in total. The molecule has 0 unspecified atom stereocenters. The molecule has 0 aromatic carbocycles. The Balaban J connectivity index is 2.44. The molecule has 2 N–H and O–H groups in total. The summed E-state index contributed by atoms with van der Waals surface area (Å²) in [6.07, 6.45) is 1.67. The van der Waals surface area contributed by atoms with Crippen molar-refractivity contribution >= 4 is 17.4 Å². The first-order chi connectivity index (χ1) is 6.66. The highest BCUT2D eigenvalue weighted by Crippen LogP contribution is 2.19. The molecule has 5 heteroatoms. The molecular weight excluding hydrogens is 200 g/mol. The van der Waals surface area contributed by atoms with E-state index in [2.05, 4.69) is 10.1 Å². The van der Waals surface area contributed by atoms with E-state index in [0.717, 1.165) is 11.3 Å². The molecule has 0 bridgehead atoms. The van der Waals surface area contributed by atoms with Gasteiger partial charge >= 0.3 is 0 Å². The van der Waals surface area contributed by atoms with Crippen LogP contribution in [0.4, 0.5) is 5.82 Å². The molecule has 2 aromatic heterocycles. The minimum atomic E-state index is 0.470. The zero-order chi connectivity index (χ0) is 10.1. The van der Waals surface area contributed by atoms with Crippen LogP contribution < -0.4 is 5.73 Å². The normalized spacial score (nSPS) is 10.4. The maximum absolute atomic E-state index is 5.67. The van der Waals surface area contributed by atoms with Gasteiger partial charge in [-0.2, -0.15) is 5.10 Å². The van der Waals surface area contributed by atoms with E-state index in [1.807, 2.05) is 6.07 Å². The van der Waals surface area contributed by atoms with E-state index < -0.39 is 0 Å². The van der Waals surface area contributed by atoms with Gasteiger partial charge < -0.3 is 5.73 Å². The van der Waals surface area contributed by atoms with E-state index in [4.69, 9.17) is 17.3 Å². The number of nitrogens with two attached hydrogens (primary N) is 1. The highest BCUT2D eigenvalue weighted by molar-refractivity contribution is 6.29. The Morgan fingerprint density at radius 2 is 2.21 bits per heavy atom. The Bertz CT molecular complexity index is 427. The summed E-state index contributed by atoms with van der Waals surface area (Å²) < 4.78 is 1.62. The van der Waals surface area contributed by atoms with E-state index in [0.29, 0.717) is 11.0 Å². The standard InChI is InChI=1S/C9H9ClN4/c1-14-9(11)4-7(13-14)6-2-3-8(10)12-5-6/h2-5H,11H2,1H3. The summed E-state index contributed by atoms with van der Waals surface area (Å²) in [5, 5.41) is 4.69. The second-order valence-electron chi connectivity index (χ2n) is 2.95. The van der Waals surface area contributed by atoms with Crippen molar-refractivity contribution < 1.29 is 0 Å². The lowest BCUT2D eigenvalue weighted by Gasteiger charge is -1.94. The van der Waals surface area contributed by atoms with Crippen molar-refractivity contribution in [3.8, 4) is 11.3 Å². The van der Waals surface area contributed by atoms with Crippen molar-refractivity contribution in [3.05, 3.63) is 29.5 Å². The van der Waals surface area contributed by atoms with Gasteiger partial charge in [0.15, 0.2) is 0 Å². The predicted molar refractivity (Wildman–Crippen MR) is 55.9 cm³/mol. The number of nitrogens with zero attached hydrogens (tertiary/aromatic N) is 3. The smallest absolute Gasteiger partial charge is 0.129 e. The number of hydrogen-bond acceptors (Lipinski definition) is 3. The summed E-state index contributed by atoms with van der Waals surface area (Å²) >= 11 is 5.67. The molecule has 0 aliphatic carbocycles. The average molecular weight is 209 g/mol. The summed E-state index contributed by atoms with van der Waals surface area (Å²) in [6, 6.07) is 5.38. The maximum Gasteiger partial charge on any atom is 0.129 e. The zero-order valence-corrected chi connectivity index (χ0v) is 8.36. The van der Waals surface area contributed by atoms with Crippen LogP contribution in [0.3, 0.4) is 0 Å². The Morgan fingerprint density at radius 3 is 2.71 bits per heavy atom. The van der Waals surface area contributed by atoms with E-state index in [1.165, 1.54) is 0 Å². The largest absolute Gasteiger partial charge is 0.384 e. The minimum Gasteiger partial charge on any atom is -0.384 e. The molecule has 14 heavy (non-hydrogen) atoms. The molecule has 0 saturated carbocycles. The molecule has 0 aliphatic rings. The van der Waals surface area contributed by atoms with Crippen molar-refractivity contribution in [2.24, 2.45) is 7.05 Å². The highest BCUT2D eigenvalue weighted by atomic mass is 35.5. The lowest BCUT2D eigenvalue weighted by Crippen LogP contribution is -1.96. The number of rotatable bonds is 1. The molecule has 0 saturated heterocycles. The number of pyridine rings is 1. The second kappa shape index (κ2) is 3.31. The molecule has 0 aliphatic heterocycles. The van der Waals surface area contributed by atoms with Crippen LogP contribution >= 0.6 is 11.6 Å². The summed E-state index contributed by atoms with van der Waals surface area (Å²) in [4.78, 5) is 3.97. The Hall–Kier alpha value is -1.55. The monoisotopic (exact) mass is 208 g/mol. The first-order valence-electron chi connectivity index (χ1n) is 4.08. The number of aryl methyl sites for hydroxylation is 1. The number of hydrogen-bond donors (Lipinski definition) is 1. The quantitative estimate of drug-likeness (QED) is 0.726. The van der Waals surface area contributed by atoms with Crippen LogP contribution in [0.2, 0.25) is 5.15 Å². The highest BCUT2D eigenvalue weighted by Gasteiger charge is 2.04. The fourth-order valence-corrected chi connectivity index (χ4v) is 1.26. The second-order valence-corrected chi connectivity index (χ2v) is 3.33. The third-order valence-electron chi connectivity index (χ3n) is 1.94. The van der Waals surface area contributed by atoms with Gasteiger partial charge in [-0.15, -0.1) is 0 Å². The van der Waals surface area contributed by atoms with Crippen LogP contribution in [0.5, 0.6) is 0 Å². The number of anilines is 1. The molecule has 0 amide bonds. The number of aromatic nitrogens is 3. The molecular formula is C9H9ClN4. The first kappa shape index (κ1) is 9.02. The van der Waals surface area contributed by atoms with Gasteiger partial charge in [-0.25, -0.2) is 4.98 Å². The van der Waals surface area contributed by atoms with Gasteiger partial charge in [0.25, 0.3) is 0 Å². The Morgan fingerprint density at radius 1 is 1.43 bits per heavy atom. The lowest BCUT2D eigenvalue weighted by molar-refractivity contribution is 0.782. The molecule has 2 heterocycles. The van der Waals surface area contributed by atoms with Gasteiger partial charge in [0.05, 0.1) is 5.69 Å². The predicted octanol–water partition coefficient (Wildman–Crippen LogP) is 1.72. The van der Waals surface area contributed by atoms with Gasteiger partial charge in [0, 0.05) is 24.9 Å². The summed E-state index contributed by atoms with van der Waals surface area (Å²) in [6.45, 7) is 0. The van der Waals surface area contributed by atoms with Gasteiger partial charge in [0.1, 0.15) is 11.0 Å². The fraction of sp³-hybridized carbons (Fsp3) is 0.111. The van der Waals surface area contributed by atoms with Crippen molar-refractivity contribution in [2.45, 2.75) is 0 Å². The van der Waals surface area contributed by atoms with Crippen LogP contribution in [0.15, 0.2) is 24.4 Å². The molecule has 0 radical (unpaired) electrons. The molecule has 0 fully saturated rings. The lowest BCUT2D eigenvalue weighted by atomic mass is 10.2. The van der Waals surface area contributed by atoms with Crippen LogP contribution in [-0.4, -0.2) is 14.8 Å². The number of halogens is 1. The molecule has 0 atom stereocenters. The van der Waals surface area contributed by atoms with E-state index in [9.17, 15) is 0 Å². The summed E-state index contributed by atoms with van der Waals surface area (Å²) in [5.74, 6) is 0.620. The molecule has 0 spiro atoms.